The third-order valence-electron chi connectivity index (χ3n) is 3.86. The van der Waals surface area contributed by atoms with Crippen LogP contribution in [0.4, 0.5) is 5.69 Å². The number of hydrogen-bond donors (Lipinski definition) is 1. The third-order valence-corrected chi connectivity index (χ3v) is 6.81. The van der Waals surface area contributed by atoms with Gasteiger partial charge in [-0.25, -0.2) is 8.42 Å². The van der Waals surface area contributed by atoms with Crippen LogP contribution in [0.2, 0.25) is 0 Å². The number of sulfonamides is 1. The van der Waals surface area contributed by atoms with E-state index >= 15 is 0 Å². The number of hydrogen-bond acceptors (Lipinski definition) is 4. The summed E-state index contributed by atoms with van der Waals surface area (Å²) in [6, 6.07) is 7.16. The van der Waals surface area contributed by atoms with E-state index in [2.05, 4.69) is 0 Å². The summed E-state index contributed by atoms with van der Waals surface area (Å²) < 4.78 is 27.4. The van der Waals surface area contributed by atoms with Crippen molar-refractivity contribution in [2.24, 2.45) is 0 Å². The molecule has 0 saturated carbocycles. The lowest BCUT2D eigenvalue weighted by Crippen LogP contribution is -2.35. The quantitative estimate of drug-likeness (QED) is 0.884. The summed E-state index contributed by atoms with van der Waals surface area (Å²) in [4.78, 5) is 1.65. The smallest absolute Gasteiger partial charge is 0.243 e. The van der Waals surface area contributed by atoms with Crippen molar-refractivity contribution in [3.63, 3.8) is 0 Å². The highest BCUT2D eigenvalue weighted by Gasteiger charge is 2.30. The van der Waals surface area contributed by atoms with E-state index in [1.165, 1.54) is 4.88 Å². The average molecular weight is 322 g/mol. The van der Waals surface area contributed by atoms with Crippen LogP contribution in [0.15, 0.2) is 34.5 Å². The standard InChI is InChI=1S/C15H18N2O2S2/c1-2-11-3-4-13(16)9-15(11)21(18,19)17-7-5-14-12(10-17)6-8-20-14/h3-4,6,8-9H,2,5,7,10,16H2,1H3. The first-order valence-corrected chi connectivity index (χ1v) is 9.28. The highest BCUT2D eigenvalue weighted by atomic mass is 32.2. The molecule has 0 radical (unpaired) electrons. The number of nitrogens with zero attached hydrogens (tertiary/aromatic N) is 1. The molecule has 6 heteroatoms. The highest BCUT2D eigenvalue weighted by molar-refractivity contribution is 7.89. The molecule has 0 atom stereocenters. The van der Waals surface area contributed by atoms with Gasteiger partial charge in [-0.1, -0.05) is 13.0 Å². The minimum Gasteiger partial charge on any atom is -0.399 e. The fraction of sp³-hybridized carbons (Fsp3) is 0.333. The van der Waals surface area contributed by atoms with Crippen molar-refractivity contribution < 1.29 is 8.42 Å². The molecule has 1 aromatic carbocycles. The molecule has 2 heterocycles. The van der Waals surface area contributed by atoms with Crippen LogP contribution < -0.4 is 5.73 Å². The number of rotatable bonds is 3. The van der Waals surface area contributed by atoms with Gasteiger partial charge in [0.05, 0.1) is 4.90 Å². The molecule has 1 aromatic heterocycles. The van der Waals surface area contributed by atoms with Crippen molar-refractivity contribution in [3.8, 4) is 0 Å². The lowest BCUT2D eigenvalue weighted by atomic mass is 10.1. The van der Waals surface area contributed by atoms with Gasteiger partial charge in [-0.3, -0.25) is 0 Å². The van der Waals surface area contributed by atoms with E-state index in [1.54, 1.807) is 27.8 Å². The van der Waals surface area contributed by atoms with E-state index in [0.717, 1.165) is 17.5 Å². The van der Waals surface area contributed by atoms with Gasteiger partial charge in [0.15, 0.2) is 0 Å². The maximum atomic E-state index is 12.9. The number of thiophene rings is 1. The Morgan fingerprint density at radius 3 is 2.90 bits per heavy atom. The Balaban J connectivity index is 2.00. The summed E-state index contributed by atoms with van der Waals surface area (Å²) in [6.07, 6.45) is 1.46. The minimum absolute atomic E-state index is 0.351. The monoisotopic (exact) mass is 322 g/mol. The van der Waals surface area contributed by atoms with Crippen LogP contribution in [-0.4, -0.2) is 19.3 Å². The first-order chi connectivity index (χ1) is 10.0. The second-order valence-electron chi connectivity index (χ2n) is 5.18. The van der Waals surface area contributed by atoms with Gasteiger partial charge < -0.3 is 5.73 Å². The molecule has 1 aliphatic rings. The van der Waals surface area contributed by atoms with Gasteiger partial charge in [0.25, 0.3) is 0 Å². The van der Waals surface area contributed by atoms with Gasteiger partial charge in [0, 0.05) is 23.7 Å². The van der Waals surface area contributed by atoms with E-state index < -0.39 is 10.0 Å². The average Bonchev–Trinajstić information content (AvgIpc) is 2.94. The minimum atomic E-state index is -3.49. The largest absolute Gasteiger partial charge is 0.399 e. The topological polar surface area (TPSA) is 63.4 Å². The SMILES string of the molecule is CCc1ccc(N)cc1S(=O)(=O)N1CCc2sccc2C1. The molecular formula is C15H18N2O2S2. The third kappa shape index (κ3) is 2.59. The van der Waals surface area contributed by atoms with Crippen LogP contribution in [-0.2, 0) is 29.4 Å². The Morgan fingerprint density at radius 2 is 2.14 bits per heavy atom. The second-order valence-corrected chi connectivity index (χ2v) is 8.09. The van der Waals surface area contributed by atoms with E-state index in [0.29, 0.717) is 30.1 Å². The molecule has 0 unspecified atom stereocenters. The Labute approximate surface area is 129 Å². The zero-order chi connectivity index (χ0) is 15.0. The van der Waals surface area contributed by atoms with Crippen LogP contribution in [0, 0.1) is 0 Å². The molecule has 2 aromatic rings. The van der Waals surface area contributed by atoms with Crippen molar-refractivity contribution in [2.75, 3.05) is 12.3 Å². The van der Waals surface area contributed by atoms with Crippen molar-refractivity contribution in [3.05, 3.63) is 45.6 Å². The Morgan fingerprint density at radius 1 is 1.33 bits per heavy atom. The molecule has 21 heavy (non-hydrogen) atoms. The molecule has 4 nitrogen and oxygen atoms in total. The Hall–Kier alpha value is -1.37. The van der Waals surface area contributed by atoms with E-state index in [9.17, 15) is 8.42 Å². The predicted molar refractivity (Wildman–Crippen MR) is 85.9 cm³/mol. The highest BCUT2D eigenvalue weighted by Crippen LogP contribution is 2.30. The molecule has 0 amide bonds. The Bertz CT molecular complexity index is 766. The number of fused-ring (bicyclic) bond motifs is 1. The summed E-state index contributed by atoms with van der Waals surface area (Å²) in [5.74, 6) is 0. The van der Waals surface area contributed by atoms with Crippen molar-refractivity contribution in [2.45, 2.75) is 31.2 Å². The van der Waals surface area contributed by atoms with Gasteiger partial charge in [-0.15, -0.1) is 11.3 Å². The van der Waals surface area contributed by atoms with E-state index in [1.807, 2.05) is 24.4 Å². The van der Waals surface area contributed by atoms with Crippen LogP contribution in [0.5, 0.6) is 0 Å². The van der Waals surface area contributed by atoms with Crippen molar-refractivity contribution in [1.29, 1.82) is 0 Å². The molecule has 0 spiro atoms. The maximum Gasteiger partial charge on any atom is 0.243 e. The number of nitrogens with two attached hydrogens (primary N) is 1. The summed E-state index contributed by atoms with van der Waals surface area (Å²) in [7, 11) is -3.49. The molecule has 1 aliphatic heterocycles. The summed E-state index contributed by atoms with van der Waals surface area (Å²) in [5, 5.41) is 2.03. The van der Waals surface area contributed by atoms with Gasteiger partial charge >= 0.3 is 0 Å². The molecule has 0 aliphatic carbocycles. The summed E-state index contributed by atoms with van der Waals surface area (Å²) in [6.45, 7) is 2.95. The van der Waals surface area contributed by atoms with Crippen LogP contribution in [0.3, 0.4) is 0 Å². The van der Waals surface area contributed by atoms with E-state index in [4.69, 9.17) is 5.73 Å². The second kappa shape index (κ2) is 5.44. The number of anilines is 1. The fourth-order valence-electron chi connectivity index (χ4n) is 2.67. The van der Waals surface area contributed by atoms with Crippen LogP contribution >= 0.6 is 11.3 Å². The van der Waals surface area contributed by atoms with Crippen LogP contribution in [0.25, 0.3) is 0 Å². The Kier molecular flexibility index (Phi) is 3.77. The number of nitrogen functional groups attached to an aromatic ring is 1. The van der Waals surface area contributed by atoms with E-state index in [-0.39, 0.29) is 0 Å². The normalized spacial score (nSPS) is 15.9. The lowest BCUT2D eigenvalue weighted by Gasteiger charge is -2.27. The molecule has 0 bridgehead atoms. The molecular weight excluding hydrogens is 304 g/mol. The fourth-order valence-corrected chi connectivity index (χ4v) is 5.31. The number of benzene rings is 1. The first-order valence-electron chi connectivity index (χ1n) is 6.96. The predicted octanol–water partition coefficient (Wildman–Crippen LogP) is 2.64. The van der Waals surface area contributed by atoms with Gasteiger partial charge in [0.2, 0.25) is 10.0 Å². The zero-order valence-corrected chi connectivity index (χ0v) is 13.5. The van der Waals surface area contributed by atoms with Gasteiger partial charge in [-0.2, -0.15) is 4.31 Å². The molecule has 0 fully saturated rings. The lowest BCUT2D eigenvalue weighted by molar-refractivity contribution is 0.394. The first kappa shape index (κ1) is 14.6. The van der Waals surface area contributed by atoms with Crippen molar-refractivity contribution >= 4 is 27.0 Å². The zero-order valence-electron chi connectivity index (χ0n) is 11.9. The molecule has 0 saturated heterocycles. The number of aryl methyl sites for hydroxylation is 1. The molecule has 2 N–H and O–H groups in total. The van der Waals surface area contributed by atoms with Gasteiger partial charge in [0.1, 0.15) is 0 Å². The van der Waals surface area contributed by atoms with Crippen LogP contribution in [0.1, 0.15) is 22.9 Å². The van der Waals surface area contributed by atoms with Crippen molar-refractivity contribution in [1.82, 2.24) is 4.31 Å². The molecule has 112 valence electrons. The summed E-state index contributed by atoms with van der Waals surface area (Å²) >= 11 is 1.70. The van der Waals surface area contributed by atoms with Gasteiger partial charge in [-0.05, 0) is 47.5 Å². The molecule has 3 rings (SSSR count). The summed E-state index contributed by atoms with van der Waals surface area (Å²) in [5.41, 5.74) is 8.21. The maximum absolute atomic E-state index is 12.9.